The molecule has 4 fully saturated rings. The van der Waals surface area contributed by atoms with Crippen molar-refractivity contribution in [2.75, 3.05) is 6.79 Å². The maximum Gasteiger partial charge on any atom is 0.333 e. The fraction of sp³-hybridized carbons (Fsp3) is 0.438. The van der Waals surface area contributed by atoms with Crippen LogP contribution in [0.15, 0.2) is 59.6 Å². The van der Waals surface area contributed by atoms with Gasteiger partial charge in [0.05, 0.1) is 11.2 Å². The summed E-state index contributed by atoms with van der Waals surface area (Å²) in [6.07, 6.45) is 1.31. The molecule has 48 heavy (non-hydrogen) atoms. The molecule has 0 bridgehead atoms. The van der Waals surface area contributed by atoms with Gasteiger partial charge in [-0.2, -0.15) is 0 Å². The minimum absolute atomic E-state index is 0.200. The summed E-state index contributed by atoms with van der Waals surface area (Å²) < 4.78 is 33.6. The van der Waals surface area contributed by atoms with E-state index in [9.17, 15) is 32.4 Å². The number of nitrogens with zero attached hydrogens (tertiary/aromatic N) is 3. The lowest BCUT2D eigenvalue weighted by molar-refractivity contribution is -0.181. The van der Waals surface area contributed by atoms with Crippen LogP contribution in [0.2, 0.25) is 5.02 Å². The van der Waals surface area contributed by atoms with E-state index in [1.165, 1.54) is 36.7 Å². The molecule has 4 aliphatic heterocycles. The fourth-order valence-electron chi connectivity index (χ4n) is 6.55. The zero-order valence-electron chi connectivity index (χ0n) is 26.4. The van der Waals surface area contributed by atoms with Crippen LogP contribution in [0.5, 0.6) is 0 Å². The Labute approximate surface area is 286 Å². The van der Waals surface area contributed by atoms with E-state index >= 15 is 0 Å². The van der Waals surface area contributed by atoms with Crippen LogP contribution in [-0.4, -0.2) is 99.3 Å². The normalized spacial score (nSPS) is 28.1. The van der Waals surface area contributed by atoms with Gasteiger partial charge in [-0.15, -0.1) is 11.8 Å². The third-order valence-corrected chi connectivity index (χ3v) is 13.9. The molecule has 16 heteroatoms. The first-order valence-electron chi connectivity index (χ1n) is 15.1. The number of hydrogen-bond acceptors (Lipinski definition) is 11. The van der Waals surface area contributed by atoms with Gasteiger partial charge in [0.15, 0.2) is 15.9 Å². The largest absolute Gasteiger partial charge is 0.426 e. The highest BCUT2D eigenvalue weighted by Gasteiger charge is 2.68. The van der Waals surface area contributed by atoms with Crippen molar-refractivity contribution in [2.24, 2.45) is 4.99 Å². The molecule has 6 atom stereocenters. The Hall–Kier alpha value is -3.95. The van der Waals surface area contributed by atoms with Gasteiger partial charge in [0.1, 0.15) is 28.9 Å². The number of esters is 2. The second-order valence-electron chi connectivity index (χ2n) is 12.9. The van der Waals surface area contributed by atoms with Crippen molar-refractivity contribution in [3.8, 4) is 0 Å². The summed E-state index contributed by atoms with van der Waals surface area (Å²) in [7, 11) is -3.82. The highest BCUT2D eigenvalue weighted by molar-refractivity contribution is 8.01. The molecule has 13 nitrogen and oxygen atoms in total. The summed E-state index contributed by atoms with van der Waals surface area (Å²) in [6.45, 7) is 5.36. The number of carbonyl (C=O) groups excluding carboxylic acids is 5. The van der Waals surface area contributed by atoms with E-state index in [0.29, 0.717) is 16.1 Å². The van der Waals surface area contributed by atoms with Crippen molar-refractivity contribution in [3.05, 3.63) is 70.7 Å². The molecule has 4 aliphatic rings. The van der Waals surface area contributed by atoms with Gasteiger partial charge in [-0.25, -0.2) is 18.0 Å². The van der Waals surface area contributed by atoms with Crippen molar-refractivity contribution in [1.82, 2.24) is 15.1 Å². The van der Waals surface area contributed by atoms with Crippen LogP contribution in [0.4, 0.5) is 0 Å². The standard InChI is InChI=1S/C32H33ClN4O9S2/c1-31(2)24(29(41)45-16-46-30(42)25-32(3,4)48(43,44)21-14-20(38)36(21)25)37-27(40)23(28(37)47-31)35-26(39)22(17-10-6-5-7-11-17)34-15-18-12-8-9-13-19(18)33/h5-13,15,21-25,28H,14,16H2,1-4H3,(H,35,39)/t21-,22+,23-,24+,25+,28-/m0/s1. The molecule has 4 saturated heterocycles. The molecule has 2 aromatic rings. The third-order valence-electron chi connectivity index (χ3n) is 9.19. The van der Waals surface area contributed by atoms with Crippen LogP contribution in [0.3, 0.4) is 0 Å². The van der Waals surface area contributed by atoms with Crippen molar-refractivity contribution in [2.45, 2.75) is 78.5 Å². The van der Waals surface area contributed by atoms with E-state index in [4.69, 9.17) is 21.1 Å². The molecule has 0 radical (unpaired) electrons. The number of benzene rings is 2. The first-order chi connectivity index (χ1) is 22.6. The van der Waals surface area contributed by atoms with Gasteiger partial charge in [0, 0.05) is 21.5 Å². The van der Waals surface area contributed by atoms with Gasteiger partial charge in [-0.3, -0.25) is 19.4 Å². The number of fused-ring (bicyclic) bond motifs is 2. The molecular weight excluding hydrogens is 684 g/mol. The van der Waals surface area contributed by atoms with Gasteiger partial charge < -0.3 is 24.6 Å². The number of halogens is 1. The van der Waals surface area contributed by atoms with E-state index in [1.54, 1.807) is 62.4 Å². The topological polar surface area (TPSA) is 169 Å². The van der Waals surface area contributed by atoms with Gasteiger partial charge in [-0.05, 0) is 39.3 Å². The maximum absolute atomic E-state index is 13.6. The monoisotopic (exact) mass is 716 g/mol. The number of carbonyl (C=O) groups is 5. The number of nitrogens with one attached hydrogen (secondary N) is 1. The van der Waals surface area contributed by atoms with Crippen LogP contribution in [0, 0.1) is 0 Å². The van der Waals surface area contributed by atoms with E-state index in [2.05, 4.69) is 10.3 Å². The van der Waals surface area contributed by atoms with Gasteiger partial charge in [0.2, 0.25) is 24.5 Å². The quantitative estimate of drug-likeness (QED) is 0.176. The van der Waals surface area contributed by atoms with Crippen molar-refractivity contribution >= 4 is 69.1 Å². The number of hydrogen-bond donors (Lipinski definition) is 1. The fourth-order valence-corrected chi connectivity index (χ4v) is 10.5. The van der Waals surface area contributed by atoms with E-state index in [1.807, 2.05) is 6.07 Å². The molecule has 0 spiro atoms. The smallest absolute Gasteiger partial charge is 0.333 e. The number of β-lactam (4-membered cyclic amide) rings is 2. The summed E-state index contributed by atoms with van der Waals surface area (Å²) in [4.78, 5) is 72.2. The summed E-state index contributed by atoms with van der Waals surface area (Å²) in [6, 6.07) is 11.5. The summed E-state index contributed by atoms with van der Waals surface area (Å²) >= 11 is 7.58. The predicted molar refractivity (Wildman–Crippen MR) is 175 cm³/mol. The Kier molecular flexibility index (Phi) is 8.61. The van der Waals surface area contributed by atoms with Crippen molar-refractivity contribution < 1.29 is 41.9 Å². The molecule has 1 N–H and O–H groups in total. The zero-order valence-corrected chi connectivity index (χ0v) is 28.8. The highest BCUT2D eigenvalue weighted by Crippen LogP contribution is 2.51. The Bertz CT molecular complexity index is 1840. The number of amides is 3. The Morgan fingerprint density at radius 3 is 2.27 bits per heavy atom. The average Bonchev–Trinajstić information content (AvgIpc) is 3.36. The van der Waals surface area contributed by atoms with Crippen LogP contribution in [0.25, 0.3) is 0 Å². The van der Waals surface area contributed by atoms with Crippen molar-refractivity contribution in [1.29, 1.82) is 0 Å². The lowest BCUT2D eigenvalue weighted by Gasteiger charge is -2.44. The molecule has 0 aromatic heterocycles. The number of ether oxygens (including phenoxy) is 2. The molecule has 0 unspecified atom stereocenters. The second kappa shape index (κ2) is 12.2. The zero-order chi connectivity index (χ0) is 34.8. The summed E-state index contributed by atoms with van der Waals surface area (Å²) in [5, 5.41) is 1.60. The minimum atomic E-state index is -3.82. The second-order valence-corrected chi connectivity index (χ2v) is 17.8. The third kappa shape index (κ3) is 5.45. The molecule has 4 heterocycles. The number of aliphatic imine (C=N–C) groups is 1. The van der Waals surface area contributed by atoms with Crippen molar-refractivity contribution in [3.63, 3.8) is 0 Å². The maximum atomic E-state index is 13.6. The Balaban J connectivity index is 1.10. The number of rotatable bonds is 9. The number of thioether (sulfide) groups is 1. The Morgan fingerprint density at radius 2 is 1.62 bits per heavy atom. The molecular formula is C32H33ClN4O9S2. The van der Waals surface area contributed by atoms with Crippen LogP contribution in [0.1, 0.15) is 51.3 Å². The van der Waals surface area contributed by atoms with E-state index in [0.717, 1.165) is 4.90 Å². The first kappa shape index (κ1) is 33.9. The van der Waals surface area contributed by atoms with Gasteiger partial charge in [0.25, 0.3) is 0 Å². The van der Waals surface area contributed by atoms with E-state index < -0.39 is 90.7 Å². The highest BCUT2D eigenvalue weighted by atomic mass is 35.5. The van der Waals surface area contributed by atoms with Crippen LogP contribution in [-0.2, 0) is 43.3 Å². The lowest BCUT2D eigenvalue weighted by Crippen LogP contribution is -2.71. The van der Waals surface area contributed by atoms with E-state index in [-0.39, 0.29) is 6.42 Å². The minimum Gasteiger partial charge on any atom is -0.426 e. The molecule has 0 aliphatic carbocycles. The van der Waals surface area contributed by atoms with Crippen LogP contribution >= 0.6 is 23.4 Å². The molecule has 254 valence electrons. The average molecular weight is 717 g/mol. The molecule has 0 saturated carbocycles. The summed E-state index contributed by atoms with van der Waals surface area (Å²) in [5.74, 6) is -3.35. The molecule has 2 aromatic carbocycles. The lowest BCUT2D eigenvalue weighted by atomic mass is 9.95. The Morgan fingerprint density at radius 1 is 1.00 bits per heavy atom. The van der Waals surface area contributed by atoms with Gasteiger partial charge >= 0.3 is 11.9 Å². The van der Waals surface area contributed by atoms with Crippen LogP contribution < -0.4 is 5.32 Å². The predicted octanol–water partition coefficient (Wildman–Crippen LogP) is 2.23. The molecule has 3 amide bonds. The molecule has 6 rings (SSSR count). The summed E-state index contributed by atoms with van der Waals surface area (Å²) in [5.41, 5.74) is 1.22. The first-order valence-corrected chi connectivity index (χ1v) is 17.9. The number of sulfone groups is 1. The van der Waals surface area contributed by atoms with Gasteiger partial charge in [-0.1, -0.05) is 60.1 Å². The SMILES string of the molecule is CC1(C)S[C@H]2[C@@H](NC(=O)[C@H](N=Cc3ccccc3Cl)c3ccccc3)C(=O)N2[C@@H]1C(=O)OCOC(=O)[C@H]1N2C(=O)C[C@@H]2S(=O)(=O)C1(C)C.